The zero-order valence-electron chi connectivity index (χ0n) is 18.1. The van der Waals surface area contributed by atoms with E-state index in [1.165, 1.54) is 0 Å². The molecule has 34 heavy (non-hydrogen) atoms. The number of nitrogens with zero attached hydrogens (tertiary/aromatic N) is 2. The second-order valence-corrected chi connectivity index (χ2v) is 10.0. The van der Waals surface area contributed by atoms with E-state index < -0.39 is 6.03 Å². The molecule has 5 nitrogen and oxygen atoms in total. The van der Waals surface area contributed by atoms with E-state index in [0.29, 0.717) is 33.6 Å². The van der Waals surface area contributed by atoms with Crippen molar-refractivity contribution < 1.29 is 9.18 Å². The largest absolute Gasteiger partial charge is 0.331 e. The number of amides is 2. The van der Waals surface area contributed by atoms with Crippen molar-refractivity contribution in [2.24, 2.45) is 0 Å². The standard InChI is InChI=1S/C24H22Cl3FN4OS/c25-17-7-9-19(10-8-17)34-31-24(33)29-13-22(28)20-4-2-1-3-15-12-30-32(23(15)20)14-16-5-6-18(26)11-21(16)27/h5-12H,1-4,13-14H2,(H2,29,31,33)/b22-20+. The van der Waals surface area contributed by atoms with Gasteiger partial charge in [-0.05, 0) is 85.2 Å². The molecule has 0 radical (unpaired) electrons. The average molecular weight is 540 g/mol. The number of carbonyl (C=O) groups excluding carboxylic acids is 1. The molecule has 2 amide bonds. The molecule has 0 unspecified atom stereocenters. The number of fused-ring (bicyclic) bond motifs is 1. The van der Waals surface area contributed by atoms with Gasteiger partial charge in [0, 0.05) is 25.5 Å². The van der Waals surface area contributed by atoms with E-state index in [1.807, 2.05) is 6.07 Å². The number of benzene rings is 2. The Kier molecular flexibility index (Phi) is 8.42. The van der Waals surface area contributed by atoms with Gasteiger partial charge >= 0.3 is 6.03 Å². The van der Waals surface area contributed by atoms with E-state index in [0.717, 1.165) is 52.9 Å². The molecule has 0 spiro atoms. The average Bonchev–Trinajstić information content (AvgIpc) is 3.08. The van der Waals surface area contributed by atoms with Crippen LogP contribution in [0.1, 0.15) is 36.1 Å². The van der Waals surface area contributed by atoms with E-state index >= 15 is 4.39 Å². The summed E-state index contributed by atoms with van der Waals surface area (Å²) in [6.07, 6.45) is 5.00. The second kappa shape index (κ2) is 11.5. The highest BCUT2D eigenvalue weighted by Gasteiger charge is 2.22. The Morgan fingerprint density at radius 1 is 1.06 bits per heavy atom. The van der Waals surface area contributed by atoms with Crippen molar-refractivity contribution in [3.63, 3.8) is 0 Å². The molecule has 0 bridgehead atoms. The molecule has 0 saturated heterocycles. The minimum Gasteiger partial charge on any atom is -0.331 e. The number of rotatable bonds is 6. The van der Waals surface area contributed by atoms with Crippen LogP contribution in [0.5, 0.6) is 0 Å². The SMILES string of the molecule is O=C(NC/C(F)=C1/CCCCc2cnn(Cc3ccc(Cl)cc3Cl)c21)NSc1ccc(Cl)cc1. The molecule has 0 saturated carbocycles. The lowest BCUT2D eigenvalue weighted by Gasteiger charge is -2.14. The Balaban J connectivity index is 1.47. The summed E-state index contributed by atoms with van der Waals surface area (Å²) >= 11 is 19.4. The third-order valence-electron chi connectivity index (χ3n) is 5.47. The van der Waals surface area contributed by atoms with E-state index in [-0.39, 0.29) is 12.4 Å². The summed E-state index contributed by atoms with van der Waals surface area (Å²) in [5.74, 6) is -0.376. The highest BCUT2D eigenvalue weighted by Crippen LogP contribution is 2.33. The highest BCUT2D eigenvalue weighted by atomic mass is 35.5. The van der Waals surface area contributed by atoms with Crippen molar-refractivity contribution in [1.82, 2.24) is 19.8 Å². The molecule has 0 atom stereocenters. The molecule has 2 N–H and O–H groups in total. The molecule has 0 fully saturated rings. The molecule has 4 rings (SSSR count). The summed E-state index contributed by atoms with van der Waals surface area (Å²) in [7, 11) is 0. The van der Waals surface area contributed by atoms with Crippen molar-refractivity contribution in [3.05, 3.63) is 86.4 Å². The van der Waals surface area contributed by atoms with Crippen LogP contribution in [0.2, 0.25) is 15.1 Å². The van der Waals surface area contributed by atoms with E-state index in [9.17, 15) is 4.79 Å². The maximum atomic E-state index is 15.4. The van der Waals surface area contributed by atoms with Gasteiger partial charge in [0.05, 0.1) is 25.0 Å². The van der Waals surface area contributed by atoms with Gasteiger partial charge in [-0.15, -0.1) is 0 Å². The first-order valence-electron chi connectivity index (χ1n) is 10.7. The van der Waals surface area contributed by atoms with Gasteiger partial charge in [0.1, 0.15) is 5.83 Å². The van der Waals surface area contributed by atoms with Gasteiger partial charge in [0.15, 0.2) is 0 Å². The van der Waals surface area contributed by atoms with Crippen molar-refractivity contribution in [3.8, 4) is 0 Å². The topological polar surface area (TPSA) is 59.0 Å². The van der Waals surface area contributed by atoms with Crippen molar-refractivity contribution >= 4 is 58.4 Å². The van der Waals surface area contributed by atoms with Crippen LogP contribution in [-0.2, 0) is 13.0 Å². The van der Waals surface area contributed by atoms with Gasteiger partial charge in [-0.1, -0.05) is 40.9 Å². The number of allylic oxidation sites excluding steroid dienone is 1. The molecule has 0 aliphatic heterocycles. The van der Waals surface area contributed by atoms with Crippen molar-refractivity contribution in [1.29, 1.82) is 0 Å². The molecular formula is C24H22Cl3FN4OS. The molecule has 1 heterocycles. The molecular weight excluding hydrogens is 518 g/mol. The number of aryl methyl sites for hydroxylation is 1. The first kappa shape index (κ1) is 24.9. The number of urea groups is 1. The summed E-state index contributed by atoms with van der Waals surface area (Å²) in [4.78, 5) is 13.0. The summed E-state index contributed by atoms with van der Waals surface area (Å²) in [5.41, 5.74) is 3.17. The van der Waals surface area contributed by atoms with E-state index in [4.69, 9.17) is 34.8 Å². The van der Waals surface area contributed by atoms with Gasteiger partial charge in [0.25, 0.3) is 0 Å². The number of aromatic nitrogens is 2. The fourth-order valence-electron chi connectivity index (χ4n) is 3.80. The predicted octanol–water partition coefficient (Wildman–Crippen LogP) is 7.31. The molecule has 2 aromatic carbocycles. The van der Waals surface area contributed by atoms with Gasteiger partial charge in [-0.2, -0.15) is 5.10 Å². The summed E-state index contributed by atoms with van der Waals surface area (Å²) < 4.78 is 19.8. The number of nitrogens with one attached hydrogen (secondary N) is 2. The van der Waals surface area contributed by atoms with Gasteiger partial charge in [0.2, 0.25) is 0 Å². The summed E-state index contributed by atoms with van der Waals surface area (Å²) in [6, 6.07) is 11.9. The van der Waals surface area contributed by atoms with Crippen LogP contribution in [-0.4, -0.2) is 22.4 Å². The predicted molar refractivity (Wildman–Crippen MR) is 137 cm³/mol. The minimum absolute atomic E-state index is 0.214. The van der Waals surface area contributed by atoms with Crippen LogP contribution < -0.4 is 10.0 Å². The first-order valence-corrected chi connectivity index (χ1v) is 12.7. The summed E-state index contributed by atoms with van der Waals surface area (Å²) in [5, 5.41) is 8.80. The van der Waals surface area contributed by atoms with Gasteiger partial charge < -0.3 is 5.32 Å². The third-order valence-corrected chi connectivity index (χ3v) is 7.10. The van der Waals surface area contributed by atoms with Crippen LogP contribution in [0.15, 0.2) is 59.4 Å². The molecule has 1 aliphatic rings. The normalized spacial score (nSPS) is 14.8. The number of hydrogen-bond acceptors (Lipinski definition) is 3. The zero-order chi connectivity index (χ0) is 24.1. The Labute approximate surface area is 216 Å². The fraction of sp³-hybridized carbons (Fsp3) is 0.250. The van der Waals surface area contributed by atoms with Crippen LogP contribution in [0.25, 0.3) is 5.57 Å². The maximum Gasteiger partial charge on any atom is 0.325 e. The number of halogens is 4. The lowest BCUT2D eigenvalue weighted by molar-refractivity contribution is 0.246. The number of carbonyl (C=O) groups is 1. The Morgan fingerprint density at radius 3 is 2.56 bits per heavy atom. The minimum atomic E-state index is -0.481. The molecule has 178 valence electrons. The first-order chi connectivity index (χ1) is 16.4. The molecule has 3 aromatic rings. The van der Waals surface area contributed by atoms with E-state index in [1.54, 1.807) is 47.3 Å². The zero-order valence-corrected chi connectivity index (χ0v) is 21.2. The van der Waals surface area contributed by atoms with Crippen molar-refractivity contribution in [2.45, 2.75) is 37.1 Å². The molecule has 1 aromatic heterocycles. The van der Waals surface area contributed by atoms with Gasteiger partial charge in [-0.25, -0.2) is 9.18 Å². The molecule has 1 aliphatic carbocycles. The Morgan fingerprint density at radius 2 is 1.79 bits per heavy atom. The molecule has 10 heteroatoms. The lowest BCUT2D eigenvalue weighted by Crippen LogP contribution is -2.32. The quantitative estimate of drug-likeness (QED) is 0.255. The monoisotopic (exact) mass is 538 g/mol. The van der Waals surface area contributed by atoms with Gasteiger partial charge in [-0.3, -0.25) is 9.40 Å². The lowest BCUT2D eigenvalue weighted by atomic mass is 10.0. The van der Waals surface area contributed by atoms with Crippen LogP contribution in [0.3, 0.4) is 0 Å². The van der Waals surface area contributed by atoms with Crippen LogP contribution >= 0.6 is 46.8 Å². The second-order valence-electron chi connectivity index (χ2n) is 7.84. The van der Waals surface area contributed by atoms with Crippen LogP contribution in [0.4, 0.5) is 9.18 Å². The Bertz CT molecular complexity index is 1210. The maximum absolute atomic E-state index is 15.4. The summed E-state index contributed by atoms with van der Waals surface area (Å²) in [6.45, 7) is 0.183. The third kappa shape index (κ3) is 6.27. The van der Waals surface area contributed by atoms with Crippen LogP contribution in [0, 0.1) is 0 Å². The highest BCUT2D eigenvalue weighted by molar-refractivity contribution is 7.98. The Hall–Kier alpha value is -2.19. The smallest absolute Gasteiger partial charge is 0.325 e. The number of hydrogen-bond donors (Lipinski definition) is 2. The fourth-order valence-corrected chi connectivity index (χ4v) is 4.95. The van der Waals surface area contributed by atoms with E-state index in [2.05, 4.69) is 15.1 Å². The van der Waals surface area contributed by atoms with Crippen molar-refractivity contribution in [2.75, 3.05) is 6.54 Å².